The van der Waals surface area contributed by atoms with E-state index in [2.05, 4.69) is 20.8 Å². The van der Waals surface area contributed by atoms with Crippen LogP contribution in [0.3, 0.4) is 0 Å². The van der Waals surface area contributed by atoms with Crippen molar-refractivity contribution >= 4 is 5.97 Å². The van der Waals surface area contributed by atoms with Crippen LogP contribution in [0.2, 0.25) is 0 Å². The summed E-state index contributed by atoms with van der Waals surface area (Å²) in [6.45, 7) is 6.19. The Balaban J connectivity index is 2.59. The molecule has 0 amide bonds. The van der Waals surface area contributed by atoms with Crippen LogP contribution in [-0.4, -0.2) is 11.1 Å². The van der Waals surface area contributed by atoms with Crippen LogP contribution in [-0.2, 0) is 18.3 Å². The highest BCUT2D eigenvalue weighted by atomic mass is 16.4. The Morgan fingerprint density at radius 3 is 2.25 bits per heavy atom. The molecule has 16 heavy (non-hydrogen) atoms. The van der Waals surface area contributed by atoms with Crippen LogP contribution < -0.4 is 0 Å². The van der Waals surface area contributed by atoms with E-state index in [4.69, 9.17) is 9.52 Å². The van der Waals surface area contributed by atoms with E-state index < -0.39 is 5.97 Å². The number of fused-ring (bicyclic) bond motifs is 1. The maximum Gasteiger partial charge on any atom is 0.372 e. The lowest BCUT2D eigenvalue weighted by Gasteiger charge is -2.19. The van der Waals surface area contributed by atoms with Crippen molar-refractivity contribution in [2.45, 2.75) is 51.9 Å². The molecule has 0 bridgehead atoms. The predicted octanol–water partition coefficient (Wildman–Crippen LogP) is 3.15. The van der Waals surface area contributed by atoms with Gasteiger partial charge >= 0.3 is 5.97 Å². The second kappa shape index (κ2) is 3.65. The average molecular weight is 222 g/mol. The minimum atomic E-state index is -0.936. The number of rotatable bonds is 1. The van der Waals surface area contributed by atoms with Crippen LogP contribution in [0.5, 0.6) is 0 Å². The molecule has 1 heterocycles. The molecule has 0 radical (unpaired) electrons. The first-order valence-electron chi connectivity index (χ1n) is 5.79. The van der Waals surface area contributed by atoms with Crippen molar-refractivity contribution in [1.82, 2.24) is 0 Å². The van der Waals surface area contributed by atoms with E-state index >= 15 is 0 Å². The standard InChI is InChI=1S/C13H18O3/c1-13(2,3)11-9-7-5-4-6-8(9)10(16-11)12(14)15/h4-7H2,1-3H3,(H,14,15). The van der Waals surface area contributed by atoms with Crippen LogP contribution in [0.1, 0.15) is 61.1 Å². The smallest absolute Gasteiger partial charge is 0.372 e. The molecule has 3 heteroatoms. The molecular formula is C13H18O3. The summed E-state index contributed by atoms with van der Waals surface area (Å²) in [6, 6.07) is 0. The molecule has 0 fully saturated rings. The summed E-state index contributed by atoms with van der Waals surface area (Å²) in [4.78, 5) is 11.1. The van der Waals surface area contributed by atoms with E-state index in [0.29, 0.717) is 0 Å². The highest BCUT2D eigenvalue weighted by Crippen LogP contribution is 2.36. The second-order valence-electron chi connectivity index (χ2n) is 5.48. The minimum Gasteiger partial charge on any atom is -0.475 e. The number of carboxylic acid groups (broad SMARTS) is 1. The van der Waals surface area contributed by atoms with Gasteiger partial charge in [-0.3, -0.25) is 0 Å². The van der Waals surface area contributed by atoms with Gasteiger partial charge in [-0.05, 0) is 31.2 Å². The predicted molar refractivity (Wildman–Crippen MR) is 61.0 cm³/mol. The molecule has 0 saturated heterocycles. The monoisotopic (exact) mass is 222 g/mol. The summed E-state index contributed by atoms with van der Waals surface area (Å²) in [7, 11) is 0. The molecule has 0 spiro atoms. The lowest BCUT2D eigenvalue weighted by atomic mass is 9.84. The van der Waals surface area contributed by atoms with Crippen LogP contribution in [0.25, 0.3) is 0 Å². The Kier molecular flexibility index (Phi) is 2.56. The van der Waals surface area contributed by atoms with Crippen LogP contribution in [0.4, 0.5) is 0 Å². The zero-order chi connectivity index (χ0) is 11.9. The van der Waals surface area contributed by atoms with Crippen molar-refractivity contribution in [3.63, 3.8) is 0 Å². The largest absolute Gasteiger partial charge is 0.475 e. The van der Waals surface area contributed by atoms with Crippen molar-refractivity contribution in [1.29, 1.82) is 0 Å². The number of carboxylic acids is 1. The van der Waals surface area contributed by atoms with E-state index in [-0.39, 0.29) is 11.2 Å². The zero-order valence-corrected chi connectivity index (χ0v) is 10.1. The van der Waals surface area contributed by atoms with E-state index in [0.717, 1.165) is 42.6 Å². The third kappa shape index (κ3) is 1.75. The summed E-state index contributed by atoms with van der Waals surface area (Å²) in [6.07, 6.45) is 4.00. The maximum absolute atomic E-state index is 11.1. The topological polar surface area (TPSA) is 50.4 Å². The van der Waals surface area contributed by atoms with Gasteiger partial charge in [-0.2, -0.15) is 0 Å². The van der Waals surface area contributed by atoms with Crippen LogP contribution in [0, 0.1) is 0 Å². The summed E-state index contributed by atoms with van der Waals surface area (Å²) in [5.74, 6) is 0.0906. The maximum atomic E-state index is 11.1. The van der Waals surface area contributed by atoms with Gasteiger partial charge in [0.15, 0.2) is 0 Å². The fraction of sp³-hybridized carbons (Fsp3) is 0.615. The first kappa shape index (κ1) is 11.2. The fourth-order valence-corrected chi connectivity index (χ4v) is 2.41. The molecule has 88 valence electrons. The fourth-order valence-electron chi connectivity index (χ4n) is 2.41. The molecule has 0 saturated carbocycles. The molecule has 0 aliphatic heterocycles. The van der Waals surface area contributed by atoms with Crippen molar-refractivity contribution in [2.75, 3.05) is 0 Å². The highest BCUT2D eigenvalue weighted by Gasteiger charge is 2.31. The molecule has 3 nitrogen and oxygen atoms in total. The number of aromatic carboxylic acids is 1. The van der Waals surface area contributed by atoms with Gasteiger partial charge in [0.25, 0.3) is 0 Å². The summed E-state index contributed by atoms with van der Waals surface area (Å²) < 4.78 is 5.59. The van der Waals surface area contributed by atoms with Crippen molar-refractivity contribution in [2.24, 2.45) is 0 Å². The van der Waals surface area contributed by atoms with Crippen molar-refractivity contribution < 1.29 is 14.3 Å². The number of hydrogen-bond donors (Lipinski definition) is 1. The van der Waals surface area contributed by atoms with Gasteiger partial charge in [-0.15, -0.1) is 0 Å². The molecule has 0 unspecified atom stereocenters. The quantitative estimate of drug-likeness (QED) is 0.794. The van der Waals surface area contributed by atoms with Crippen LogP contribution in [0.15, 0.2) is 4.42 Å². The summed E-state index contributed by atoms with van der Waals surface area (Å²) in [5.41, 5.74) is 1.97. The Hall–Kier alpha value is -1.25. The molecule has 1 aliphatic rings. The highest BCUT2D eigenvalue weighted by molar-refractivity contribution is 5.87. The van der Waals surface area contributed by atoms with Gasteiger partial charge in [-0.1, -0.05) is 20.8 Å². The van der Waals surface area contributed by atoms with Gasteiger partial charge in [0.1, 0.15) is 5.76 Å². The second-order valence-corrected chi connectivity index (χ2v) is 5.48. The normalized spacial score (nSPS) is 15.9. The van der Waals surface area contributed by atoms with Crippen molar-refractivity contribution in [3.05, 3.63) is 22.6 Å². The average Bonchev–Trinajstić information content (AvgIpc) is 2.56. The van der Waals surface area contributed by atoms with E-state index in [1.807, 2.05) is 0 Å². The third-order valence-corrected chi connectivity index (χ3v) is 3.10. The molecule has 1 N–H and O–H groups in total. The molecule has 2 rings (SSSR count). The van der Waals surface area contributed by atoms with Crippen LogP contribution >= 0.6 is 0 Å². The first-order valence-corrected chi connectivity index (χ1v) is 5.79. The number of furan rings is 1. The lowest BCUT2D eigenvalue weighted by Crippen LogP contribution is -2.14. The van der Waals surface area contributed by atoms with E-state index in [1.54, 1.807) is 0 Å². The Bertz CT molecular complexity index is 421. The Labute approximate surface area is 95.5 Å². The van der Waals surface area contributed by atoms with Gasteiger partial charge in [0.05, 0.1) is 0 Å². The Morgan fingerprint density at radius 1 is 1.19 bits per heavy atom. The first-order chi connectivity index (χ1) is 7.41. The van der Waals surface area contributed by atoms with Gasteiger partial charge in [-0.25, -0.2) is 4.79 Å². The Morgan fingerprint density at radius 2 is 1.75 bits per heavy atom. The molecule has 1 aliphatic carbocycles. The number of hydrogen-bond acceptors (Lipinski definition) is 2. The third-order valence-electron chi connectivity index (χ3n) is 3.10. The zero-order valence-electron chi connectivity index (χ0n) is 10.1. The molecular weight excluding hydrogens is 204 g/mol. The molecule has 1 aromatic heterocycles. The summed E-state index contributed by atoms with van der Waals surface area (Å²) >= 11 is 0. The van der Waals surface area contributed by atoms with Gasteiger partial charge in [0.2, 0.25) is 5.76 Å². The molecule has 0 atom stereocenters. The molecule has 1 aromatic rings. The van der Waals surface area contributed by atoms with Gasteiger partial charge in [0, 0.05) is 11.0 Å². The lowest BCUT2D eigenvalue weighted by molar-refractivity contribution is 0.0657. The molecule has 0 aromatic carbocycles. The van der Waals surface area contributed by atoms with Gasteiger partial charge < -0.3 is 9.52 Å². The minimum absolute atomic E-state index is 0.116. The van der Waals surface area contributed by atoms with E-state index in [9.17, 15) is 4.79 Å². The van der Waals surface area contributed by atoms with E-state index in [1.165, 1.54) is 0 Å². The summed E-state index contributed by atoms with van der Waals surface area (Å²) in [5, 5.41) is 9.13. The van der Waals surface area contributed by atoms with Crippen molar-refractivity contribution in [3.8, 4) is 0 Å². The SMILES string of the molecule is CC(C)(C)c1oc(C(=O)O)c2c1CCCC2. The number of carbonyl (C=O) groups is 1.